The Balaban J connectivity index is 1.31. The fraction of sp³-hybridized carbons (Fsp3) is 0.364. The Morgan fingerprint density at radius 3 is 2.07 bits per heavy atom. The Hall–Kier alpha value is -2.66. The minimum absolute atomic E-state index is 0.353. The molecule has 2 heterocycles. The number of carbonyl (C=O) groups is 2. The quantitative estimate of drug-likeness (QED) is 0.766. The SMILES string of the molecule is O=C(C(=O)N1CCc2ccccc2C1)N1CCN(Cc2ccccc2)CC1. The van der Waals surface area contributed by atoms with E-state index in [0.717, 1.165) is 31.6 Å². The van der Waals surface area contributed by atoms with Crippen LogP contribution in [0.25, 0.3) is 0 Å². The minimum atomic E-state index is -0.360. The molecule has 5 heteroatoms. The Morgan fingerprint density at radius 1 is 0.704 bits per heavy atom. The number of carbonyl (C=O) groups excluding carboxylic acids is 2. The molecule has 0 N–H and O–H groups in total. The van der Waals surface area contributed by atoms with Crippen LogP contribution in [0.4, 0.5) is 0 Å². The molecule has 0 radical (unpaired) electrons. The van der Waals surface area contributed by atoms with Crippen LogP contribution in [0.1, 0.15) is 16.7 Å². The molecule has 0 atom stereocenters. The molecule has 0 unspecified atom stereocenters. The van der Waals surface area contributed by atoms with E-state index < -0.39 is 0 Å². The third kappa shape index (κ3) is 4.03. The van der Waals surface area contributed by atoms with E-state index in [1.165, 1.54) is 11.1 Å². The van der Waals surface area contributed by atoms with Crippen LogP contribution >= 0.6 is 0 Å². The van der Waals surface area contributed by atoms with Gasteiger partial charge in [0, 0.05) is 45.8 Å². The smallest absolute Gasteiger partial charge is 0.312 e. The maximum Gasteiger partial charge on any atom is 0.312 e. The minimum Gasteiger partial charge on any atom is -0.332 e. The third-order valence-electron chi connectivity index (χ3n) is 5.51. The first-order valence-corrected chi connectivity index (χ1v) is 9.62. The van der Waals surface area contributed by atoms with Crippen molar-refractivity contribution in [3.05, 3.63) is 71.3 Å². The fourth-order valence-electron chi connectivity index (χ4n) is 3.89. The van der Waals surface area contributed by atoms with Gasteiger partial charge in [-0.05, 0) is 23.1 Å². The van der Waals surface area contributed by atoms with Gasteiger partial charge in [-0.2, -0.15) is 0 Å². The highest BCUT2D eigenvalue weighted by Crippen LogP contribution is 2.19. The summed E-state index contributed by atoms with van der Waals surface area (Å²) >= 11 is 0. The molecule has 0 aromatic heterocycles. The third-order valence-corrected chi connectivity index (χ3v) is 5.51. The second kappa shape index (κ2) is 7.92. The van der Waals surface area contributed by atoms with E-state index in [0.29, 0.717) is 26.2 Å². The highest BCUT2D eigenvalue weighted by Gasteiger charge is 2.31. The van der Waals surface area contributed by atoms with Crippen LogP contribution in [0.2, 0.25) is 0 Å². The van der Waals surface area contributed by atoms with Crippen molar-refractivity contribution in [2.24, 2.45) is 0 Å². The maximum atomic E-state index is 12.7. The van der Waals surface area contributed by atoms with Crippen LogP contribution in [-0.2, 0) is 29.1 Å². The second-order valence-electron chi connectivity index (χ2n) is 7.30. The molecule has 1 saturated heterocycles. The molecule has 2 aliphatic rings. The molecule has 0 aliphatic carbocycles. The summed E-state index contributed by atoms with van der Waals surface area (Å²) in [5.41, 5.74) is 3.71. The van der Waals surface area contributed by atoms with Gasteiger partial charge in [0.2, 0.25) is 0 Å². The molecule has 1 fully saturated rings. The number of piperazine rings is 1. The second-order valence-corrected chi connectivity index (χ2v) is 7.30. The normalized spacial score (nSPS) is 17.5. The fourth-order valence-corrected chi connectivity index (χ4v) is 3.89. The van der Waals surface area contributed by atoms with Gasteiger partial charge in [-0.1, -0.05) is 54.6 Å². The first-order valence-electron chi connectivity index (χ1n) is 9.62. The van der Waals surface area contributed by atoms with Gasteiger partial charge < -0.3 is 9.80 Å². The van der Waals surface area contributed by atoms with Crippen LogP contribution in [0.3, 0.4) is 0 Å². The van der Waals surface area contributed by atoms with E-state index in [1.54, 1.807) is 9.80 Å². The molecular weight excluding hydrogens is 338 g/mol. The Bertz CT molecular complexity index is 813. The largest absolute Gasteiger partial charge is 0.332 e. The topological polar surface area (TPSA) is 43.9 Å². The van der Waals surface area contributed by atoms with E-state index in [1.807, 2.05) is 36.4 Å². The van der Waals surface area contributed by atoms with Crippen molar-refractivity contribution >= 4 is 11.8 Å². The van der Waals surface area contributed by atoms with Gasteiger partial charge in [0.25, 0.3) is 0 Å². The van der Waals surface area contributed by atoms with E-state index in [9.17, 15) is 9.59 Å². The molecule has 140 valence electrons. The lowest BCUT2D eigenvalue weighted by molar-refractivity contribution is -0.153. The molecule has 2 amide bonds. The van der Waals surface area contributed by atoms with E-state index >= 15 is 0 Å². The summed E-state index contributed by atoms with van der Waals surface area (Å²) in [6.45, 7) is 4.88. The summed E-state index contributed by atoms with van der Waals surface area (Å²) in [7, 11) is 0. The summed E-state index contributed by atoms with van der Waals surface area (Å²) in [6, 6.07) is 18.5. The summed E-state index contributed by atoms with van der Waals surface area (Å²) in [4.78, 5) is 31.1. The molecule has 2 aromatic rings. The standard InChI is InChI=1S/C22H25N3O2/c26-21(22(27)25-11-10-19-8-4-5-9-20(19)17-25)24-14-12-23(13-15-24)16-18-6-2-1-3-7-18/h1-9H,10-17H2. The summed E-state index contributed by atoms with van der Waals surface area (Å²) in [5.74, 6) is -0.713. The molecule has 2 aromatic carbocycles. The van der Waals surface area contributed by atoms with Gasteiger partial charge in [0.1, 0.15) is 0 Å². The number of hydrogen-bond donors (Lipinski definition) is 0. The molecule has 0 spiro atoms. The number of amides is 2. The van der Waals surface area contributed by atoms with Crippen LogP contribution in [-0.4, -0.2) is 59.2 Å². The van der Waals surface area contributed by atoms with E-state index in [2.05, 4.69) is 23.1 Å². The lowest BCUT2D eigenvalue weighted by Gasteiger charge is -2.36. The summed E-state index contributed by atoms with van der Waals surface area (Å²) in [6.07, 6.45) is 0.819. The van der Waals surface area contributed by atoms with Crippen LogP contribution < -0.4 is 0 Å². The number of rotatable bonds is 2. The van der Waals surface area contributed by atoms with Crippen LogP contribution in [0.5, 0.6) is 0 Å². The number of fused-ring (bicyclic) bond motifs is 1. The molecule has 4 rings (SSSR count). The Morgan fingerprint density at radius 2 is 1.33 bits per heavy atom. The van der Waals surface area contributed by atoms with Crippen molar-refractivity contribution in [1.82, 2.24) is 14.7 Å². The van der Waals surface area contributed by atoms with E-state index in [4.69, 9.17) is 0 Å². The average Bonchev–Trinajstić information content (AvgIpc) is 2.73. The van der Waals surface area contributed by atoms with Gasteiger partial charge in [-0.25, -0.2) is 0 Å². The van der Waals surface area contributed by atoms with Crippen LogP contribution in [0.15, 0.2) is 54.6 Å². The molecule has 27 heavy (non-hydrogen) atoms. The molecular formula is C22H25N3O2. The van der Waals surface area contributed by atoms with Gasteiger partial charge in [0.05, 0.1) is 0 Å². The van der Waals surface area contributed by atoms with Crippen molar-refractivity contribution in [2.45, 2.75) is 19.5 Å². The highest BCUT2D eigenvalue weighted by atomic mass is 16.2. The van der Waals surface area contributed by atoms with Crippen molar-refractivity contribution < 1.29 is 9.59 Å². The molecule has 2 aliphatic heterocycles. The average molecular weight is 363 g/mol. The molecule has 5 nitrogen and oxygen atoms in total. The number of hydrogen-bond acceptors (Lipinski definition) is 3. The van der Waals surface area contributed by atoms with Crippen molar-refractivity contribution in [2.75, 3.05) is 32.7 Å². The first-order chi connectivity index (χ1) is 13.2. The van der Waals surface area contributed by atoms with Gasteiger partial charge in [0.15, 0.2) is 0 Å². The Labute approximate surface area is 160 Å². The van der Waals surface area contributed by atoms with E-state index in [-0.39, 0.29) is 11.8 Å². The zero-order valence-electron chi connectivity index (χ0n) is 15.5. The molecule has 0 bridgehead atoms. The van der Waals surface area contributed by atoms with Gasteiger partial charge in [-0.15, -0.1) is 0 Å². The predicted molar refractivity (Wildman–Crippen MR) is 104 cm³/mol. The van der Waals surface area contributed by atoms with Crippen LogP contribution in [0, 0.1) is 0 Å². The Kier molecular flexibility index (Phi) is 5.21. The maximum absolute atomic E-state index is 12.7. The van der Waals surface area contributed by atoms with Crippen molar-refractivity contribution in [3.8, 4) is 0 Å². The van der Waals surface area contributed by atoms with Gasteiger partial charge >= 0.3 is 11.8 Å². The first kappa shape index (κ1) is 17.7. The lowest BCUT2D eigenvalue weighted by Crippen LogP contribution is -2.53. The zero-order chi connectivity index (χ0) is 18.6. The monoisotopic (exact) mass is 363 g/mol. The van der Waals surface area contributed by atoms with Gasteiger partial charge in [-0.3, -0.25) is 14.5 Å². The summed E-state index contributed by atoms with van der Waals surface area (Å²) in [5, 5.41) is 0. The molecule has 0 saturated carbocycles. The van der Waals surface area contributed by atoms with Crippen molar-refractivity contribution in [1.29, 1.82) is 0 Å². The highest BCUT2D eigenvalue weighted by molar-refractivity contribution is 6.34. The lowest BCUT2D eigenvalue weighted by atomic mass is 10.00. The predicted octanol–water partition coefficient (Wildman–Crippen LogP) is 1.92. The van der Waals surface area contributed by atoms with Crippen molar-refractivity contribution in [3.63, 3.8) is 0 Å². The number of benzene rings is 2. The number of nitrogens with zero attached hydrogens (tertiary/aromatic N) is 3. The summed E-state index contributed by atoms with van der Waals surface area (Å²) < 4.78 is 0. The zero-order valence-corrected chi connectivity index (χ0v) is 15.5.